The molecular formula is C40H46O6. The van der Waals surface area contributed by atoms with E-state index in [-0.39, 0.29) is 11.9 Å². The van der Waals surface area contributed by atoms with Crippen LogP contribution in [0.25, 0.3) is 22.3 Å². The topological polar surface area (TPSA) is 71.1 Å². The highest BCUT2D eigenvalue weighted by molar-refractivity contribution is 5.94. The van der Waals surface area contributed by atoms with E-state index in [1.165, 1.54) is 11.1 Å². The SMILES string of the molecule is CCOC(=O)c1cccc(-c2cc(CCCCCCc3ccc(OC)c(-c4cccc(C(=O)OCC)c4C)c3)ccc2OC)c1C. The Morgan fingerprint density at radius 3 is 1.33 bits per heavy atom. The molecule has 4 rings (SSSR count). The highest BCUT2D eigenvalue weighted by Gasteiger charge is 2.18. The van der Waals surface area contributed by atoms with Crippen molar-refractivity contribution in [3.63, 3.8) is 0 Å². The van der Waals surface area contributed by atoms with Crippen molar-refractivity contribution in [2.45, 2.75) is 66.2 Å². The fourth-order valence-electron chi connectivity index (χ4n) is 5.97. The molecule has 0 heterocycles. The Balaban J connectivity index is 1.38. The molecule has 6 heteroatoms. The van der Waals surface area contributed by atoms with Gasteiger partial charge in [-0.15, -0.1) is 0 Å². The Bertz CT molecular complexity index is 1530. The van der Waals surface area contributed by atoms with Crippen molar-refractivity contribution < 1.29 is 28.5 Å². The minimum atomic E-state index is -0.304. The van der Waals surface area contributed by atoms with Crippen molar-refractivity contribution in [3.05, 3.63) is 106 Å². The third-order valence-corrected chi connectivity index (χ3v) is 8.45. The maximum absolute atomic E-state index is 12.5. The van der Waals surface area contributed by atoms with Crippen LogP contribution in [0.3, 0.4) is 0 Å². The van der Waals surface area contributed by atoms with Crippen LogP contribution in [0.4, 0.5) is 0 Å². The van der Waals surface area contributed by atoms with Crippen LogP contribution in [0.5, 0.6) is 11.5 Å². The fraction of sp³-hybridized carbons (Fsp3) is 0.350. The third-order valence-electron chi connectivity index (χ3n) is 8.45. The number of ether oxygens (including phenoxy) is 4. The Hall–Kier alpha value is -4.58. The lowest BCUT2D eigenvalue weighted by atomic mass is 9.93. The molecule has 0 saturated heterocycles. The van der Waals surface area contributed by atoms with Gasteiger partial charge in [0.1, 0.15) is 11.5 Å². The summed E-state index contributed by atoms with van der Waals surface area (Å²) in [5.41, 5.74) is 9.36. The van der Waals surface area contributed by atoms with Gasteiger partial charge in [-0.25, -0.2) is 9.59 Å². The quantitative estimate of drug-likeness (QED) is 0.0972. The molecule has 0 bridgehead atoms. The number of esters is 2. The van der Waals surface area contributed by atoms with Gasteiger partial charge in [-0.1, -0.05) is 49.2 Å². The smallest absolute Gasteiger partial charge is 0.338 e. The van der Waals surface area contributed by atoms with Crippen molar-refractivity contribution in [2.75, 3.05) is 27.4 Å². The minimum absolute atomic E-state index is 0.304. The molecule has 0 radical (unpaired) electrons. The van der Waals surface area contributed by atoms with E-state index in [1.54, 1.807) is 14.2 Å². The van der Waals surface area contributed by atoms with E-state index in [0.29, 0.717) is 24.3 Å². The van der Waals surface area contributed by atoms with Crippen LogP contribution in [0.2, 0.25) is 0 Å². The maximum Gasteiger partial charge on any atom is 0.338 e. The molecule has 0 amide bonds. The molecule has 0 aliphatic heterocycles. The molecule has 0 unspecified atom stereocenters. The van der Waals surface area contributed by atoms with Crippen molar-refractivity contribution >= 4 is 11.9 Å². The maximum atomic E-state index is 12.5. The first-order chi connectivity index (χ1) is 22.3. The third kappa shape index (κ3) is 8.16. The van der Waals surface area contributed by atoms with E-state index in [9.17, 15) is 9.59 Å². The van der Waals surface area contributed by atoms with Gasteiger partial charge in [-0.05, 0) is 123 Å². The summed E-state index contributed by atoms with van der Waals surface area (Å²) in [5, 5.41) is 0. The Kier molecular flexibility index (Phi) is 12.4. The van der Waals surface area contributed by atoms with Crippen molar-refractivity contribution in [1.82, 2.24) is 0 Å². The summed E-state index contributed by atoms with van der Waals surface area (Å²) >= 11 is 0. The number of hydrogen-bond acceptors (Lipinski definition) is 6. The second-order valence-corrected chi connectivity index (χ2v) is 11.4. The predicted molar refractivity (Wildman–Crippen MR) is 184 cm³/mol. The molecule has 0 N–H and O–H groups in total. The Labute approximate surface area is 273 Å². The van der Waals surface area contributed by atoms with Crippen LogP contribution >= 0.6 is 0 Å². The Morgan fingerprint density at radius 1 is 0.543 bits per heavy atom. The zero-order chi connectivity index (χ0) is 33.1. The number of rotatable bonds is 15. The summed E-state index contributed by atoms with van der Waals surface area (Å²) in [6.07, 6.45) is 6.36. The van der Waals surface area contributed by atoms with Gasteiger partial charge >= 0.3 is 11.9 Å². The molecule has 0 fully saturated rings. The van der Waals surface area contributed by atoms with Gasteiger partial charge in [0.25, 0.3) is 0 Å². The first kappa shape index (κ1) is 34.3. The minimum Gasteiger partial charge on any atom is -0.496 e. The summed E-state index contributed by atoms with van der Waals surface area (Å²) in [4.78, 5) is 25.0. The standard InChI is InChI=1S/C40H46O6/c1-7-45-39(41)33-19-13-17-31(27(33)3)35-25-29(21-23-37(35)43-5)15-11-9-10-12-16-30-22-24-38(44-6)36(26-30)32-18-14-20-34(28(32)4)40(42)46-8-2/h13-14,17-26H,7-12,15-16H2,1-6H3. The molecule has 242 valence electrons. The lowest BCUT2D eigenvalue weighted by molar-refractivity contribution is 0.0516. The van der Waals surface area contributed by atoms with Gasteiger partial charge in [0.2, 0.25) is 0 Å². The highest BCUT2D eigenvalue weighted by Crippen LogP contribution is 2.36. The lowest BCUT2D eigenvalue weighted by Gasteiger charge is -2.15. The molecule has 0 spiro atoms. The largest absolute Gasteiger partial charge is 0.496 e. The molecule has 0 atom stereocenters. The van der Waals surface area contributed by atoms with E-state index < -0.39 is 0 Å². The molecule has 4 aromatic rings. The molecule has 0 saturated carbocycles. The van der Waals surface area contributed by atoms with Gasteiger partial charge in [-0.3, -0.25) is 0 Å². The van der Waals surface area contributed by atoms with E-state index in [4.69, 9.17) is 18.9 Å². The first-order valence-electron chi connectivity index (χ1n) is 16.2. The molecule has 0 aliphatic rings. The summed E-state index contributed by atoms with van der Waals surface area (Å²) in [5.74, 6) is 0.964. The Morgan fingerprint density at radius 2 is 0.957 bits per heavy atom. The number of benzene rings is 4. The molecule has 6 nitrogen and oxygen atoms in total. The van der Waals surface area contributed by atoms with Crippen LogP contribution in [-0.2, 0) is 22.3 Å². The number of carbonyl (C=O) groups excluding carboxylic acids is 2. The molecule has 0 aromatic heterocycles. The summed E-state index contributed by atoms with van der Waals surface area (Å²) in [7, 11) is 3.35. The molecule has 46 heavy (non-hydrogen) atoms. The monoisotopic (exact) mass is 622 g/mol. The van der Waals surface area contributed by atoms with Crippen LogP contribution in [0, 0.1) is 13.8 Å². The number of carbonyl (C=O) groups is 2. The van der Waals surface area contributed by atoms with E-state index in [1.807, 2.05) is 76.2 Å². The zero-order valence-corrected chi connectivity index (χ0v) is 28.0. The van der Waals surface area contributed by atoms with Gasteiger partial charge in [0.05, 0.1) is 38.6 Å². The second-order valence-electron chi connectivity index (χ2n) is 11.4. The van der Waals surface area contributed by atoms with Gasteiger partial charge in [0.15, 0.2) is 0 Å². The van der Waals surface area contributed by atoms with Crippen LogP contribution in [0.1, 0.15) is 82.5 Å². The van der Waals surface area contributed by atoms with E-state index in [2.05, 4.69) is 24.3 Å². The van der Waals surface area contributed by atoms with Crippen LogP contribution in [-0.4, -0.2) is 39.4 Å². The van der Waals surface area contributed by atoms with Crippen LogP contribution < -0.4 is 9.47 Å². The van der Waals surface area contributed by atoms with Crippen molar-refractivity contribution in [3.8, 4) is 33.8 Å². The number of unbranched alkanes of at least 4 members (excludes halogenated alkanes) is 3. The molecule has 4 aromatic carbocycles. The van der Waals surface area contributed by atoms with E-state index >= 15 is 0 Å². The van der Waals surface area contributed by atoms with Gasteiger partial charge in [-0.2, -0.15) is 0 Å². The first-order valence-corrected chi connectivity index (χ1v) is 16.2. The number of methoxy groups -OCH3 is 2. The average molecular weight is 623 g/mol. The normalized spacial score (nSPS) is 10.8. The zero-order valence-electron chi connectivity index (χ0n) is 28.0. The molecular weight excluding hydrogens is 576 g/mol. The van der Waals surface area contributed by atoms with Crippen LogP contribution in [0.15, 0.2) is 72.8 Å². The summed E-state index contributed by atoms with van der Waals surface area (Å²) < 4.78 is 21.9. The number of hydrogen-bond donors (Lipinski definition) is 0. The predicted octanol–water partition coefficient (Wildman–Crippen LogP) is 9.35. The van der Waals surface area contributed by atoms with Crippen molar-refractivity contribution in [2.24, 2.45) is 0 Å². The molecule has 0 aliphatic carbocycles. The second kappa shape index (κ2) is 16.6. The van der Waals surface area contributed by atoms with E-state index in [0.717, 1.165) is 83.4 Å². The lowest BCUT2D eigenvalue weighted by Crippen LogP contribution is -2.07. The van der Waals surface area contributed by atoms with Crippen molar-refractivity contribution in [1.29, 1.82) is 0 Å². The highest BCUT2D eigenvalue weighted by atomic mass is 16.5. The fourth-order valence-corrected chi connectivity index (χ4v) is 5.97. The number of aryl methyl sites for hydroxylation is 2. The summed E-state index contributed by atoms with van der Waals surface area (Å²) in [6.45, 7) is 8.23. The van der Waals surface area contributed by atoms with Gasteiger partial charge < -0.3 is 18.9 Å². The summed E-state index contributed by atoms with van der Waals surface area (Å²) in [6, 6.07) is 24.2. The average Bonchev–Trinajstić information content (AvgIpc) is 3.06. The van der Waals surface area contributed by atoms with Gasteiger partial charge in [0, 0.05) is 11.1 Å².